The van der Waals surface area contributed by atoms with Crippen molar-refractivity contribution < 1.29 is 22.3 Å². The fraction of sp³-hybridized carbons (Fsp3) is 0.296. The predicted octanol–water partition coefficient (Wildman–Crippen LogP) is 8.43. The first kappa shape index (κ1) is 25.6. The average Bonchev–Trinajstić information content (AvgIpc) is 2.88. The molecular weight excluding hydrogens is 494 g/mol. The molecule has 1 fully saturated rings. The quantitative estimate of drug-likeness (QED) is 0.231. The number of nitrogens with zero attached hydrogens (tertiary/aromatic N) is 1. The number of rotatable bonds is 7. The number of halogens is 4. The Kier molecular flexibility index (Phi) is 8.44. The summed E-state index contributed by atoms with van der Waals surface area (Å²) in [5.74, 6) is -2.62. The first-order valence-corrected chi connectivity index (χ1v) is 13.5. The summed E-state index contributed by atoms with van der Waals surface area (Å²) >= 11 is 3.66. The summed E-state index contributed by atoms with van der Waals surface area (Å²) in [5.41, 5.74) is 0.555. The molecule has 1 aromatic heterocycles. The van der Waals surface area contributed by atoms with Crippen molar-refractivity contribution in [3.8, 4) is 28.0 Å². The highest BCUT2D eigenvalue weighted by atomic mass is 32.2. The second-order valence-electron chi connectivity index (χ2n) is 8.03. The zero-order valence-electron chi connectivity index (χ0n) is 19.4. The monoisotopic (exact) mass is 519 g/mol. The van der Waals surface area contributed by atoms with Crippen molar-refractivity contribution in [2.24, 2.45) is 5.92 Å². The lowest BCUT2D eigenvalue weighted by atomic mass is 9.99. The minimum absolute atomic E-state index is 0.00540. The van der Waals surface area contributed by atoms with E-state index in [1.54, 1.807) is 13.0 Å². The van der Waals surface area contributed by atoms with E-state index >= 15 is 4.39 Å². The number of hydrogen-bond donors (Lipinski definition) is 0. The predicted molar refractivity (Wildman–Crippen MR) is 137 cm³/mol. The maximum absolute atomic E-state index is 15.0. The van der Waals surface area contributed by atoms with Crippen LogP contribution in [-0.2, 0) is 0 Å². The van der Waals surface area contributed by atoms with Gasteiger partial charge in [0.05, 0.1) is 16.9 Å². The Labute approximate surface area is 211 Å². The van der Waals surface area contributed by atoms with Gasteiger partial charge in [0.25, 0.3) is 0 Å². The molecule has 0 atom stereocenters. The second kappa shape index (κ2) is 11.5. The van der Waals surface area contributed by atoms with Crippen molar-refractivity contribution in [1.29, 1.82) is 0 Å². The van der Waals surface area contributed by atoms with Gasteiger partial charge in [-0.05, 0) is 37.5 Å². The van der Waals surface area contributed by atoms with Gasteiger partial charge in [-0.1, -0.05) is 37.3 Å². The molecule has 4 rings (SSSR count). The number of benzene rings is 2. The highest BCUT2D eigenvalue weighted by Gasteiger charge is 2.24. The van der Waals surface area contributed by atoms with Gasteiger partial charge < -0.3 is 4.74 Å². The van der Waals surface area contributed by atoms with Crippen LogP contribution in [0.15, 0.2) is 54.7 Å². The van der Waals surface area contributed by atoms with Crippen LogP contribution in [0.5, 0.6) is 5.75 Å². The molecule has 1 aliphatic heterocycles. The van der Waals surface area contributed by atoms with Crippen LogP contribution in [0.25, 0.3) is 22.3 Å². The lowest BCUT2D eigenvalue weighted by Gasteiger charge is -2.25. The van der Waals surface area contributed by atoms with E-state index in [9.17, 15) is 13.2 Å². The van der Waals surface area contributed by atoms with Gasteiger partial charge in [0.15, 0.2) is 23.2 Å². The topological polar surface area (TPSA) is 22.1 Å². The fourth-order valence-corrected chi connectivity index (χ4v) is 6.75. The number of pyridine rings is 1. The molecule has 8 heteroatoms. The molecule has 0 amide bonds. The van der Waals surface area contributed by atoms with Crippen LogP contribution < -0.4 is 4.74 Å². The highest BCUT2D eigenvalue weighted by molar-refractivity contribution is 8.16. The Bertz CT molecular complexity index is 1210. The molecule has 0 spiro atoms. The van der Waals surface area contributed by atoms with Crippen molar-refractivity contribution in [2.75, 3.05) is 18.1 Å². The Hall–Kier alpha value is -2.45. The molecule has 0 unspecified atom stereocenters. The number of thioether (sulfide) groups is 2. The molecule has 0 N–H and O–H groups in total. The van der Waals surface area contributed by atoms with Gasteiger partial charge in [0.2, 0.25) is 5.82 Å². The smallest absolute Gasteiger partial charge is 0.201 e. The first-order valence-electron chi connectivity index (χ1n) is 11.4. The lowest BCUT2D eigenvalue weighted by Crippen LogP contribution is -2.12. The van der Waals surface area contributed by atoms with Crippen LogP contribution in [0, 0.1) is 29.2 Å². The molecule has 1 aliphatic rings. The maximum atomic E-state index is 15.0. The third-order valence-electron chi connectivity index (χ3n) is 5.63. The lowest BCUT2D eigenvalue weighted by molar-refractivity contribution is 0.314. The summed E-state index contributed by atoms with van der Waals surface area (Å²) in [6, 6.07) is 8.52. The standard InChI is InChI=1S/C27H25F4NOS2/c1-3-5-6-16-14-34-27(35-15-16)21-11-7-17(13-32-21)18-8-9-19(24(29)23(18)28)20-10-12-22(33-4-2)26(31)25(20)30/h5-13,16,27H,3-4,14-15H2,1-2H3. The van der Waals surface area contributed by atoms with Gasteiger partial charge in [-0.2, -0.15) is 4.39 Å². The molecule has 1 saturated heterocycles. The summed E-state index contributed by atoms with van der Waals surface area (Å²) in [6.45, 7) is 3.90. The first-order chi connectivity index (χ1) is 16.9. The third kappa shape index (κ3) is 5.54. The molecule has 0 aliphatic carbocycles. The van der Waals surface area contributed by atoms with Crippen LogP contribution in [0.4, 0.5) is 17.6 Å². The van der Waals surface area contributed by atoms with Crippen molar-refractivity contribution in [3.05, 3.63) is 83.7 Å². The third-order valence-corrected chi connectivity index (χ3v) is 8.77. The molecule has 3 aromatic rings. The van der Waals surface area contributed by atoms with Crippen molar-refractivity contribution >= 4 is 23.5 Å². The minimum Gasteiger partial charge on any atom is -0.491 e. The van der Waals surface area contributed by atoms with Crippen molar-refractivity contribution in [3.63, 3.8) is 0 Å². The van der Waals surface area contributed by atoms with Gasteiger partial charge in [-0.3, -0.25) is 4.98 Å². The van der Waals surface area contributed by atoms with Crippen LogP contribution in [0.3, 0.4) is 0 Å². The van der Waals surface area contributed by atoms with Crippen LogP contribution in [0.2, 0.25) is 0 Å². The molecule has 184 valence electrons. The normalized spacial score (nSPS) is 18.2. The second-order valence-corrected chi connectivity index (χ2v) is 10.6. The summed E-state index contributed by atoms with van der Waals surface area (Å²) in [5, 5.41) is 0. The number of hydrogen-bond acceptors (Lipinski definition) is 4. The van der Waals surface area contributed by atoms with Gasteiger partial charge in [0, 0.05) is 40.0 Å². The van der Waals surface area contributed by atoms with E-state index in [-0.39, 0.29) is 33.6 Å². The van der Waals surface area contributed by atoms with E-state index in [0.717, 1.165) is 23.6 Å². The Balaban J connectivity index is 1.55. The van der Waals surface area contributed by atoms with Crippen molar-refractivity contribution in [2.45, 2.75) is 24.9 Å². The Morgan fingerprint density at radius 2 is 1.49 bits per heavy atom. The van der Waals surface area contributed by atoms with Gasteiger partial charge in [-0.15, -0.1) is 23.5 Å². The number of ether oxygens (including phenoxy) is 1. The molecule has 2 aromatic carbocycles. The highest BCUT2D eigenvalue weighted by Crippen LogP contribution is 2.45. The summed E-state index contributed by atoms with van der Waals surface area (Å²) in [4.78, 5) is 4.50. The molecule has 2 heterocycles. The number of allylic oxidation sites excluding steroid dienone is 2. The van der Waals surface area contributed by atoms with Gasteiger partial charge >= 0.3 is 0 Å². The molecular formula is C27H25F4NOS2. The van der Waals surface area contributed by atoms with Crippen LogP contribution >= 0.6 is 23.5 Å². The fourth-order valence-electron chi connectivity index (χ4n) is 3.82. The molecule has 0 radical (unpaired) electrons. The SMILES string of the molecule is CCC=CC1CSC(c2ccc(-c3ccc(-c4ccc(OCC)c(F)c4F)c(F)c3F)cn2)SC1. The van der Waals surface area contributed by atoms with E-state index in [1.807, 2.05) is 29.6 Å². The van der Waals surface area contributed by atoms with E-state index in [4.69, 9.17) is 4.74 Å². The summed E-state index contributed by atoms with van der Waals surface area (Å²) in [7, 11) is 0. The summed E-state index contributed by atoms with van der Waals surface area (Å²) in [6.07, 6.45) is 7.01. The van der Waals surface area contributed by atoms with Gasteiger partial charge in [-0.25, -0.2) is 13.2 Å². The Morgan fingerprint density at radius 3 is 2.11 bits per heavy atom. The van der Waals surface area contributed by atoms with Crippen LogP contribution in [0.1, 0.15) is 30.5 Å². The maximum Gasteiger partial charge on any atom is 0.201 e. The number of aromatic nitrogens is 1. The zero-order chi connectivity index (χ0) is 24.9. The zero-order valence-corrected chi connectivity index (χ0v) is 21.0. The molecule has 2 nitrogen and oxygen atoms in total. The minimum atomic E-state index is -1.29. The van der Waals surface area contributed by atoms with Crippen molar-refractivity contribution in [1.82, 2.24) is 4.98 Å². The van der Waals surface area contributed by atoms with E-state index in [2.05, 4.69) is 24.1 Å². The van der Waals surface area contributed by atoms with E-state index < -0.39 is 23.3 Å². The molecule has 0 bridgehead atoms. The largest absolute Gasteiger partial charge is 0.491 e. The van der Waals surface area contributed by atoms with E-state index in [1.165, 1.54) is 30.5 Å². The Morgan fingerprint density at radius 1 is 0.857 bits per heavy atom. The molecule has 0 saturated carbocycles. The average molecular weight is 520 g/mol. The van der Waals surface area contributed by atoms with Crippen LogP contribution in [-0.4, -0.2) is 23.1 Å². The van der Waals surface area contributed by atoms with E-state index in [0.29, 0.717) is 11.5 Å². The summed E-state index contributed by atoms with van der Waals surface area (Å²) < 4.78 is 64.0. The molecule has 35 heavy (non-hydrogen) atoms. The van der Waals surface area contributed by atoms with Gasteiger partial charge in [0.1, 0.15) is 0 Å².